The molecule has 1 N–H and O–H groups in total. The van der Waals surface area contributed by atoms with Crippen LogP contribution in [-0.4, -0.2) is 44.6 Å². The van der Waals surface area contributed by atoms with Crippen molar-refractivity contribution in [2.45, 2.75) is 45.1 Å². The summed E-state index contributed by atoms with van der Waals surface area (Å²) in [5.74, 6) is 1.11. The molecule has 1 aliphatic heterocycles. The van der Waals surface area contributed by atoms with Gasteiger partial charge in [-0.2, -0.15) is 0 Å². The van der Waals surface area contributed by atoms with Gasteiger partial charge in [0.1, 0.15) is 11.4 Å². The highest BCUT2D eigenvalue weighted by atomic mass is 16.6. The number of piperidine rings is 1. The summed E-state index contributed by atoms with van der Waals surface area (Å²) >= 11 is 0. The Kier molecular flexibility index (Phi) is 3.76. The zero-order valence-corrected chi connectivity index (χ0v) is 13.3. The number of carbonyl (C=O) groups is 1. The zero-order valence-electron chi connectivity index (χ0n) is 13.3. The van der Waals surface area contributed by atoms with Gasteiger partial charge in [-0.25, -0.2) is 14.8 Å². The number of H-pyrrole nitrogens is 1. The first-order valence-electron chi connectivity index (χ1n) is 7.71. The van der Waals surface area contributed by atoms with Gasteiger partial charge in [0.25, 0.3) is 0 Å². The van der Waals surface area contributed by atoms with Crippen LogP contribution in [0.2, 0.25) is 0 Å². The van der Waals surface area contributed by atoms with Crippen molar-refractivity contribution in [3.63, 3.8) is 0 Å². The lowest BCUT2D eigenvalue weighted by molar-refractivity contribution is 0.0196. The quantitative estimate of drug-likeness (QED) is 0.878. The van der Waals surface area contributed by atoms with E-state index in [1.165, 1.54) is 0 Å². The number of likely N-dealkylation sites (tertiary alicyclic amines) is 1. The lowest BCUT2D eigenvalue weighted by Gasteiger charge is -2.33. The first-order chi connectivity index (χ1) is 10.4. The van der Waals surface area contributed by atoms with Crippen LogP contribution in [-0.2, 0) is 4.74 Å². The van der Waals surface area contributed by atoms with Crippen molar-refractivity contribution in [2.24, 2.45) is 0 Å². The number of carbonyl (C=O) groups excluding carboxylic acids is 1. The molecule has 1 amide bonds. The summed E-state index contributed by atoms with van der Waals surface area (Å²) in [6.45, 7) is 7.03. The number of aromatic nitrogens is 3. The average molecular weight is 302 g/mol. The number of amides is 1. The minimum Gasteiger partial charge on any atom is -0.444 e. The molecule has 3 heterocycles. The number of rotatable bonds is 1. The molecule has 1 saturated heterocycles. The van der Waals surface area contributed by atoms with Crippen LogP contribution in [0.4, 0.5) is 4.79 Å². The molecule has 1 fully saturated rings. The Labute approximate surface area is 129 Å². The van der Waals surface area contributed by atoms with Crippen LogP contribution < -0.4 is 0 Å². The number of hydrogen-bond donors (Lipinski definition) is 1. The number of nitrogens with one attached hydrogen (secondary N) is 1. The van der Waals surface area contributed by atoms with Crippen LogP contribution in [0.3, 0.4) is 0 Å². The van der Waals surface area contributed by atoms with E-state index in [9.17, 15) is 4.79 Å². The summed E-state index contributed by atoms with van der Waals surface area (Å²) in [5, 5.41) is 0. The molecule has 0 saturated carbocycles. The third kappa shape index (κ3) is 3.21. The molecular weight excluding hydrogens is 280 g/mol. The van der Waals surface area contributed by atoms with Crippen molar-refractivity contribution in [3.05, 3.63) is 24.2 Å². The Morgan fingerprint density at radius 1 is 1.45 bits per heavy atom. The number of pyridine rings is 1. The van der Waals surface area contributed by atoms with E-state index in [-0.39, 0.29) is 12.0 Å². The minimum absolute atomic E-state index is 0.204. The molecular formula is C16H22N4O2. The van der Waals surface area contributed by atoms with Crippen LogP contribution >= 0.6 is 0 Å². The fourth-order valence-electron chi connectivity index (χ4n) is 2.75. The Morgan fingerprint density at radius 3 is 3.00 bits per heavy atom. The number of fused-ring (bicyclic) bond motifs is 1. The maximum absolute atomic E-state index is 12.2. The smallest absolute Gasteiger partial charge is 0.410 e. The van der Waals surface area contributed by atoms with Gasteiger partial charge in [0.15, 0.2) is 5.65 Å². The van der Waals surface area contributed by atoms with Crippen molar-refractivity contribution in [1.29, 1.82) is 0 Å². The molecule has 0 aromatic carbocycles. The van der Waals surface area contributed by atoms with Crippen LogP contribution in [0, 0.1) is 0 Å². The van der Waals surface area contributed by atoms with E-state index in [4.69, 9.17) is 4.74 Å². The van der Waals surface area contributed by atoms with Gasteiger partial charge >= 0.3 is 6.09 Å². The fraction of sp³-hybridized carbons (Fsp3) is 0.562. The fourth-order valence-corrected chi connectivity index (χ4v) is 2.75. The van der Waals surface area contributed by atoms with E-state index in [2.05, 4.69) is 15.0 Å². The highest BCUT2D eigenvalue weighted by Crippen LogP contribution is 2.27. The van der Waals surface area contributed by atoms with Crippen molar-refractivity contribution in [3.8, 4) is 0 Å². The summed E-state index contributed by atoms with van der Waals surface area (Å²) in [5.41, 5.74) is 1.20. The molecule has 0 aliphatic carbocycles. The number of imidazole rings is 1. The molecule has 22 heavy (non-hydrogen) atoms. The highest BCUT2D eigenvalue weighted by molar-refractivity contribution is 5.70. The second-order valence-corrected chi connectivity index (χ2v) is 6.76. The predicted octanol–water partition coefficient (Wildman–Crippen LogP) is 3.07. The standard InChI is InChI=1S/C16H22N4O2/c1-16(2,3)22-15(21)20-9-5-6-11(10-20)13-18-12-7-4-8-17-14(12)19-13/h4,7-8,11H,5-6,9-10H2,1-3H3,(H,17,18,19)/t11-/m1/s1. The van der Waals surface area contributed by atoms with Crippen molar-refractivity contribution in [2.75, 3.05) is 13.1 Å². The monoisotopic (exact) mass is 302 g/mol. The van der Waals surface area contributed by atoms with Crippen LogP contribution in [0.25, 0.3) is 11.2 Å². The summed E-state index contributed by atoms with van der Waals surface area (Å²) in [6, 6.07) is 3.85. The topological polar surface area (TPSA) is 71.1 Å². The molecule has 0 unspecified atom stereocenters. The largest absolute Gasteiger partial charge is 0.444 e. The summed E-state index contributed by atoms with van der Waals surface area (Å²) in [6.07, 6.45) is 3.46. The first-order valence-corrected chi connectivity index (χ1v) is 7.71. The number of nitrogens with zero attached hydrogens (tertiary/aromatic N) is 3. The van der Waals surface area contributed by atoms with Crippen LogP contribution in [0.5, 0.6) is 0 Å². The van der Waals surface area contributed by atoms with E-state index in [1.54, 1.807) is 11.1 Å². The molecule has 6 heteroatoms. The minimum atomic E-state index is -0.465. The Bertz CT molecular complexity index is 641. The molecule has 1 atom stereocenters. The molecule has 2 aromatic heterocycles. The van der Waals surface area contributed by atoms with Gasteiger partial charge in [0.05, 0.1) is 5.52 Å². The summed E-state index contributed by atoms with van der Waals surface area (Å²) < 4.78 is 5.46. The predicted molar refractivity (Wildman–Crippen MR) is 83.7 cm³/mol. The highest BCUT2D eigenvalue weighted by Gasteiger charge is 2.29. The molecule has 0 spiro atoms. The average Bonchev–Trinajstić information content (AvgIpc) is 2.89. The molecule has 118 valence electrons. The van der Waals surface area contributed by atoms with Gasteiger partial charge in [-0.1, -0.05) is 0 Å². The first kappa shape index (κ1) is 14.8. The zero-order chi connectivity index (χ0) is 15.7. The van der Waals surface area contributed by atoms with Crippen molar-refractivity contribution < 1.29 is 9.53 Å². The van der Waals surface area contributed by atoms with E-state index in [0.29, 0.717) is 6.54 Å². The number of ether oxygens (including phenoxy) is 1. The van der Waals surface area contributed by atoms with E-state index >= 15 is 0 Å². The second kappa shape index (κ2) is 5.59. The van der Waals surface area contributed by atoms with Crippen LogP contribution in [0.1, 0.15) is 45.4 Å². The molecule has 2 aromatic rings. The van der Waals surface area contributed by atoms with E-state index in [0.717, 1.165) is 36.4 Å². The molecule has 3 rings (SSSR count). The lowest BCUT2D eigenvalue weighted by Crippen LogP contribution is -2.42. The number of hydrogen-bond acceptors (Lipinski definition) is 4. The van der Waals surface area contributed by atoms with Crippen molar-refractivity contribution >= 4 is 17.3 Å². The SMILES string of the molecule is CC(C)(C)OC(=O)N1CCC[C@@H](c2nc3ncccc3[nH]2)C1. The third-order valence-corrected chi connectivity index (χ3v) is 3.74. The summed E-state index contributed by atoms with van der Waals surface area (Å²) in [7, 11) is 0. The van der Waals surface area contributed by atoms with E-state index < -0.39 is 5.60 Å². The van der Waals surface area contributed by atoms with Gasteiger partial charge in [-0.3, -0.25) is 0 Å². The summed E-state index contributed by atoms with van der Waals surface area (Å²) in [4.78, 5) is 26.1. The maximum atomic E-state index is 12.2. The van der Waals surface area contributed by atoms with Crippen molar-refractivity contribution in [1.82, 2.24) is 19.9 Å². The molecule has 0 bridgehead atoms. The van der Waals surface area contributed by atoms with Gasteiger partial charge in [-0.05, 0) is 45.7 Å². The van der Waals surface area contributed by atoms with Gasteiger partial charge in [-0.15, -0.1) is 0 Å². The van der Waals surface area contributed by atoms with Crippen LogP contribution in [0.15, 0.2) is 18.3 Å². The van der Waals surface area contributed by atoms with Gasteiger partial charge in [0, 0.05) is 25.2 Å². The second-order valence-electron chi connectivity index (χ2n) is 6.76. The molecule has 0 radical (unpaired) electrons. The third-order valence-electron chi connectivity index (χ3n) is 3.74. The van der Waals surface area contributed by atoms with Gasteiger partial charge in [0.2, 0.25) is 0 Å². The maximum Gasteiger partial charge on any atom is 0.410 e. The normalized spacial score (nSPS) is 19.4. The lowest BCUT2D eigenvalue weighted by atomic mass is 9.98. The Hall–Kier alpha value is -2.11. The Morgan fingerprint density at radius 2 is 2.27 bits per heavy atom. The van der Waals surface area contributed by atoms with Gasteiger partial charge < -0.3 is 14.6 Å². The molecule has 6 nitrogen and oxygen atoms in total. The Balaban J connectivity index is 1.74. The number of aromatic amines is 1. The van der Waals surface area contributed by atoms with E-state index in [1.807, 2.05) is 32.9 Å². The molecule has 1 aliphatic rings.